The second-order valence-electron chi connectivity index (χ2n) is 5.91. The van der Waals surface area contributed by atoms with Gasteiger partial charge in [0, 0.05) is 30.8 Å². The van der Waals surface area contributed by atoms with Crippen LogP contribution in [0.3, 0.4) is 0 Å². The van der Waals surface area contributed by atoms with Crippen molar-refractivity contribution in [3.8, 4) is 5.75 Å². The van der Waals surface area contributed by atoms with Gasteiger partial charge in [-0.1, -0.05) is 0 Å². The van der Waals surface area contributed by atoms with Crippen LogP contribution in [-0.4, -0.2) is 28.2 Å². The number of nitrogens with one attached hydrogen (secondary N) is 1. The SMILES string of the molecule is NC(=O)CCn1ccc(NC(=O)c2ccc(OCC3CC3)cc2)n1. The number of aromatic nitrogens is 2. The van der Waals surface area contributed by atoms with Crippen LogP contribution in [0.5, 0.6) is 5.75 Å². The Bertz CT molecular complexity index is 720. The van der Waals surface area contributed by atoms with Crippen molar-refractivity contribution < 1.29 is 14.3 Å². The fourth-order valence-corrected chi connectivity index (χ4v) is 2.17. The van der Waals surface area contributed by atoms with E-state index in [0.717, 1.165) is 12.4 Å². The lowest BCUT2D eigenvalue weighted by atomic mass is 10.2. The number of nitrogens with zero attached hydrogens (tertiary/aromatic N) is 2. The molecule has 3 rings (SSSR count). The van der Waals surface area contributed by atoms with Gasteiger partial charge in [-0.2, -0.15) is 5.10 Å². The molecule has 3 N–H and O–H groups in total. The molecule has 0 atom stereocenters. The van der Waals surface area contributed by atoms with Crippen LogP contribution in [0.2, 0.25) is 0 Å². The van der Waals surface area contributed by atoms with Crippen LogP contribution >= 0.6 is 0 Å². The summed E-state index contributed by atoms with van der Waals surface area (Å²) < 4.78 is 7.21. The molecule has 0 saturated heterocycles. The van der Waals surface area contributed by atoms with Crippen LogP contribution in [0.4, 0.5) is 5.82 Å². The van der Waals surface area contributed by atoms with Crippen LogP contribution in [0, 0.1) is 5.92 Å². The minimum absolute atomic E-state index is 0.206. The van der Waals surface area contributed by atoms with Crippen molar-refractivity contribution >= 4 is 17.6 Å². The van der Waals surface area contributed by atoms with Crippen molar-refractivity contribution in [2.24, 2.45) is 11.7 Å². The van der Waals surface area contributed by atoms with Crippen LogP contribution in [0.1, 0.15) is 29.6 Å². The number of nitrogens with two attached hydrogens (primary N) is 1. The summed E-state index contributed by atoms with van der Waals surface area (Å²) in [5.74, 6) is 1.26. The van der Waals surface area contributed by atoms with Crippen molar-refractivity contribution in [1.82, 2.24) is 9.78 Å². The molecule has 1 aromatic carbocycles. The quantitative estimate of drug-likeness (QED) is 0.772. The van der Waals surface area contributed by atoms with Crippen LogP contribution in [0.15, 0.2) is 36.5 Å². The first-order chi connectivity index (χ1) is 11.6. The van der Waals surface area contributed by atoms with Gasteiger partial charge in [-0.15, -0.1) is 0 Å². The highest BCUT2D eigenvalue weighted by Crippen LogP contribution is 2.29. The third-order valence-corrected chi connectivity index (χ3v) is 3.77. The molecular weight excluding hydrogens is 308 g/mol. The molecule has 1 aliphatic rings. The van der Waals surface area contributed by atoms with E-state index in [-0.39, 0.29) is 18.2 Å². The summed E-state index contributed by atoms with van der Waals surface area (Å²) in [5.41, 5.74) is 5.63. The van der Waals surface area contributed by atoms with E-state index in [1.54, 1.807) is 41.2 Å². The highest BCUT2D eigenvalue weighted by Gasteiger charge is 2.21. The number of amides is 2. The van der Waals surface area contributed by atoms with E-state index < -0.39 is 0 Å². The molecule has 0 aliphatic heterocycles. The summed E-state index contributed by atoms with van der Waals surface area (Å²) in [6, 6.07) is 8.71. The van der Waals surface area contributed by atoms with Crippen molar-refractivity contribution in [1.29, 1.82) is 0 Å². The molecule has 0 unspecified atom stereocenters. The third-order valence-electron chi connectivity index (χ3n) is 3.77. The van der Waals surface area contributed by atoms with Gasteiger partial charge in [-0.05, 0) is 43.0 Å². The molecule has 2 aromatic rings. The highest BCUT2D eigenvalue weighted by molar-refractivity contribution is 6.03. The predicted molar refractivity (Wildman–Crippen MR) is 88.7 cm³/mol. The molecule has 7 heteroatoms. The average Bonchev–Trinajstić information content (AvgIpc) is 3.30. The Labute approximate surface area is 139 Å². The molecule has 1 aliphatic carbocycles. The Morgan fingerprint density at radius 3 is 2.67 bits per heavy atom. The van der Waals surface area contributed by atoms with Crippen molar-refractivity contribution in [2.45, 2.75) is 25.8 Å². The lowest BCUT2D eigenvalue weighted by Gasteiger charge is -2.06. The van der Waals surface area contributed by atoms with Crippen molar-refractivity contribution in [3.63, 3.8) is 0 Å². The van der Waals surface area contributed by atoms with Gasteiger partial charge in [0.25, 0.3) is 5.91 Å². The Balaban J connectivity index is 1.53. The molecule has 126 valence electrons. The standard InChI is InChI=1S/C17H20N4O3/c18-15(22)7-9-21-10-8-16(20-21)19-17(23)13-3-5-14(6-4-13)24-11-12-1-2-12/h3-6,8,10,12H,1-2,7,9,11H2,(H2,18,22)(H,19,20,23). The first-order valence-corrected chi connectivity index (χ1v) is 7.96. The largest absolute Gasteiger partial charge is 0.493 e. The lowest BCUT2D eigenvalue weighted by molar-refractivity contribution is -0.118. The van der Waals surface area contributed by atoms with Gasteiger partial charge in [0.1, 0.15) is 5.75 Å². The maximum absolute atomic E-state index is 12.2. The summed E-state index contributed by atoms with van der Waals surface area (Å²) in [5, 5.41) is 6.89. The van der Waals surface area contributed by atoms with E-state index >= 15 is 0 Å². The van der Waals surface area contributed by atoms with Gasteiger partial charge >= 0.3 is 0 Å². The summed E-state index contributed by atoms with van der Waals surface area (Å²) in [6.07, 6.45) is 4.38. The molecule has 0 bridgehead atoms. The average molecular weight is 328 g/mol. The molecule has 24 heavy (non-hydrogen) atoms. The second-order valence-corrected chi connectivity index (χ2v) is 5.91. The van der Waals surface area contributed by atoms with Gasteiger partial charge in [0.05, 0.1) is 6.61 Å². The topological polar surface area (TPSA) is 99.2 Å². The number of rotatable bonds is 8. The van der Waals surface area contributed by atoms with Crippen LogP contribution in [-0.2, 0) is 11.3 Å². The van der Waals surface area contributed by atoms with E-state index in [2.05, 4.69) is 10.4 Å². The summed E-state index contributed by atoms with van der Waals surface area (Å²) >= 11 is 0. The number of ether oxygens (including phenoxy) is 1. The number of hydrogen-bond acceptors (Lipinski definition) is 4. The maximum atomic E-state index is 12.2. The number of hydrogen-bond donors (Lipinski definition) is 2. The zero-order valence-electron chi connectivity index (χ0n) is 13.3. The van der Waals surface area contributed by atoms with E-state index in [1.807, 2.05) is 0 Å². The number of primary amides is 1. The molecular formula is C17H20N4O3. The molecule has 1 aromatic heterocycles. The molecule has 7 nitrogen and oxygen atoms in total. The Kier molecular flexibility index (Phi) is 4.79. The maximum Gasteiger partial charge on any atom is 0.256 e. The van der Waals surface area contributed by atoms with E-state index in [0.29, 0.717) is 23.8 Å². The first-order valence-electron chi connectivity index (χ1n) is 7.96. The minimum Gasteiger partial charge on any atom is -0.493 e. The first kappa shape index (κ1) is 16.0. The molecule has 1 fully saturated rings. The molecule has 1 heterocycles. The molecule has 2 amide bonds. The molecule has 0 radical (unpaired) electrons. The Hall–Kier alpha value is -2.83. The number of carbonyl (C=O) groups excluding carboxylic acids is 2. The number of benzene rings is 1. The zero-order chi connectivity index (χ0) is 16.9. The van der Waals surface area contributed by atoms with Gasteiger partial charge in [-0.25, -0.2) is 0 Å². The number of carbonyl (C=O) groups is 2. The second kappa shape index (κ2) is 7.16. The zero-order valence-corrected chi connectivity index (χ0v) is 13.3. The van der Waals surface area contributed by atoms with Gasteiger partial charge < -0.3 is 15.8 Å². The van der Waals surface area contributed by atoms with Gasteiger partial charge in [0.2, 0.25) is 5.91 Å². The summed E-state index contributed by atoms with van der Waals surface area (Å²) in [7, 11) is 0. The smallest absolute Gasteiger partial charge is 0.256 e. The Morgan fingerprint density at radius 1 is 1.25 bits per heavy atom. The number of anilines is 1. The fraction of sp³-hybridized carbons (Fsp3) is 0.353. The van der Waals surface area contributed by atoms with Gasteiger partial charge in [0.15, 0.2) is 5.82 Å². The fourth-order valence-electron chi connectivity index (χ4n) is 2.17. The van der Waals surface area contributed by atoms with Gasteiger partial charge in [-0.3, -0.25) is 14.3 Å². The molecule has 0 spiro atoms. The molecule has 1 saturated carbocycles. The van der Waals surface area contributed by atoms with Crippen molar-refractivity contribution in [2.75, 3.05) is 11.9 Å². The Morgan fingerprint density at radius 2 is 2.00 bits per heavy atom. The normalized spacial score (nSPS) is 13.5. The van der Waals surface area contributed by atoms with E-state index in [1.165, 1.54) is 12.8 Å². The highest BCUT2D eigenvalue weighted by atomic mass is 16.5. The summed E-state index contributed by atoms with van der Waals surface area (Å²) in [6.45, 7) is 1.13. The monoisotopic (exact) mass is 328 g/mol. The third kappa shape index (κ3) is 4.58. The van der Waals surface area contributed by atoms with E-state index in [4.69, 9.17) is 10.5 Å². The minimum atomic E-state index is -0.389. The number of aryl methyl sites for hydroxylation is 1. The van der Waals surface area contributed by atoms with Crippen LogP contribution < -0.4 is 15.8 Å². The van der Waals surface area contributed by atoms with Crippen LogP contribution in [0.25, 0.3) is 0 Å². The van der Waals surface area contributed by atoms with E-state index in [9.17, 15) is 9.59 Å². The van der Waals surface area contributed by atoms with Crippen molar-refractivity contribution in [3.05, 3.63) is 42.1 Å². The summed E-state index contributed by atoms with van der Waals surface area (Å²) in [4.78, 5) is 23.0. The predicted octanol–water partition coefficient (Wildman–Crippen LogP) is 1.80. The lowest BCUT2D eigenvalue weighted by Crippen LogP contribution is -2.15.